The van der Waals surface area contributed by atoms with Crippen LogP contribution in [0.25, 0.3) is 0 Å². The minimum atomic E-state index is -3.71. The third-order valence-corrected chi connectivity index (χ3v) is 5.92. The second kappa shape index (κ2) is 7.08. The van der Waals surface area contributed by atoms with Crippen LogP contribution in [0.5, 0.6) is 0 Å². The molecule has 1 fully saturated rings. The smallest absolute Gasteiger partial charge is 0.337 e. The number of hydrogen-bond acceptors (Lipinski definition) is 5. The van der Waals surface area contributed by atoms with Gasteiger partial charge in [-0.25, -0.2) is 13.2 Å². The van der Waals surface area contributed by atoms with Crippen molar-refractivity contribution in [1.82, 2.24) is 4.31 Å². The lowest BCUT2D eigenvalue weighted by Crippen LogP contribution is -2.32. The number of ether oxygens (including phenoxy) is 1. The standard InChI is InChI=1S/C14H18BrNO5S/c1-21-14(18)10-7-11(15)9-13(8-10)22(19,20)16-5-2-3-12(17)4-6-16/h7-9,12,17H,2-6H2,1H3. The number of esters is 1. The van der Waals surface area contributed by atoms with Gasteiger partial charge in [0, 0.05) is 17.6 Å². The fourth-order valence-corrected chi connectivity index (χ4v) is 4.60. The largest absolute Gasteiger partial charge is 0.465 e. The third kappa shape index (κ3) is 3.87. The molecule has 1 aromatic carbocycles. The Labute approximate surface area is 138 Å². The molecule has 1 unspecified atom stereocenters. The molecule has 1 saturated heterocycles. The monoisotopic (exact) mass is 391 g/mol. The summed E-state index contributed by atoms with van der Waals surface area (Å²) in [5.74, 6) is -0.593. The van der Waals surface area contributed by atoms with Crippen molar-refractivity contribution in [2.75, 3.05) is 20.2 Å². The molecule has 2 rings (SSSR count). The highest BCUT2D eigenvalue weighted by molar-refractivity contribution is 9.10. The lowest BCUT2D eigenvalue weighted by molar-refractivity contribution is 0.0600. The number of rotatable bonds is 3. The maximum atomic E-state index is 12.7. The Morgan fingerprint density at radius 2 is 2.05 bits per heavy atom. The molecule has 1 aliphatic rings. The molecule has 8 heteroatoms. The SMILES string of the molecule is COC(=O)c1cc(Br)cc(S(=O)(=O)N2CCCC(O)CC2)c1. The molecule has 0 radical (unpaired) electrons. The molecule has 122 valence electrons. The summed E-state index contributed by atoms with van der Waals surface area (Å²) in [4.78, 5) is 11.7. The van der Waals surface area contributed by atoms with Crippen molar-refractivity contribution in [3.63, 3.8) is 0 Å². The molecule has 0 aliphatic carbocycles. The van der Waals surface area contributed by atoms with Crippen LogP contribution in [0.4, 0.5) is 0 Å². The number of methoxy groups -OCH3 is 1. The Balaban J connectivity index is 2.36. The first-order valence-corrected chi connectivity index (χ1v) is 9.15. The van der Waals surface area contributed by atoms with Gasteiger partial charge in [0.1, 0.15) is 0 Å². The van der Waals surface area contributed by atoms with Crippen molar-refractivity contribution >= 4 is 31.9 Å². The second-order valence-electron chi connectivity index (χ2n) is 5.16. The van der Waals surface area contributed by atoms with E-state index in [2.05, 4.69) is 20.7 Å². The van der Waals surface area contributed by atoms with Crippen LogP contribution in [0.1, 0.15) is 29.6 Å². The zero-order valence-electron chi connectivity index (χ0n) is 12.2. The maximum absolute atomic E-state index is 12.7. The van der Waals surface area contributed by atoms with Crippen molar-refractivity contribution in [1.29, 1.82) is 0 Å². The van der Waals surface area contributed by atoms with Crippen LogP contribution >= 0.6 is 15.9 Å². The van der Waals surface area contributed by atoms with Crippen LogP contribution in [0.2, 0.25) is 0 Å². The molecule has 0 amide bonds. The van der Waals surface area contributed by atoms with Crippen LogP contribution in [-0.2, 0) is 14.8 Å². The highest BCUT2D eigenvalue weighted by Gasteiger charge is 2.28. The third-order valence-electron chi connectivity index (χ3n) is 3.59. The minimum Gasteiger partial charge on any atom is -0.465 e. The van der Waals surface area contributed by atoms with Crippen LogP contribution in [-0.4, -0.2) is 50.1 Å². The van der Waals surface area contributed by atoms with Crippen molar-refractivity contribution in [2.45, 2.75) is 30.3 Å². The number of nitrogens with zero attached hydrogens (tertiary/aromatic N) is 1. The molecule has 6 nitrogen and oxygen atoms in total. The molecule has 0 spiro atoms. The Morgan fingerprint density at radius 1 is 1.32 bits per heavy atom. The van der Waals surface area contributed by atoms with Gasteiger partial charge in [0.2, 0.25) is 10.0 Å². The van der Waals surface area contributed by atoms with Gasteiger partial charge in [-0.1, -0.05) is 15.9 Å². The van der Waals surface area contributed by atoms with Gasteiger partial charge in [-0.2, -0.15) is 4.31 Å². The Bertz CT molecular complexity index is 661. The van der Waals surface area contributed by atoms with Crippen LogP contribution < -0.4 is 0 Å². The van der Waals surface area contributed by atoms with E-state index in [4.69, 9.17) is 0 Å². The fraction of sp³-hybridized carbons (Fsp3) is 0.500. The van der Waals surface area contributed by atoms with E-state index in [-0.39, 0.29) is 17.0 Å². The van der Waals surface area contributed by atoms with E-state index < -0.39 is 22.1 Å². The van der Waals surface area contributed by atoms with Crippen molar-refractivity contribution in [3.05, 3.63) is 28.2 Å². The van der Waals surface area contributed by atoms with Gasteiger partial charge in [0.25, 0.3) is 0 Å². The number of aliphatic hydroxyl groups is 1. The number of carbonyl (C=O) groups excluding carboxylic acids is 1. The van der Waals surface area contributed by atoms with Gasteiger partial charge in [-0.05, 0) is 37.5 Å². The van der Waals surface area contributed by atoms with Gasteiger partial charge in [-0.15, -0.1) is 0 Å². The summed E-state index contributed by atoms with van der Waals surface area (Å²) in [6, 6.07) is 4.29. The summed E-state index contributed by atoms with van der Waals surface area (Å²) in [5.41, 5.74) is 0.172. The number of halogens is 1. The van der Waals surface area contributed by atoms with E-state index >= 15 is 0 Å². The summed E-state index contributed by atoms with van der Waals surface area (Å²) >= 11 is 3.22. The van der Waals surface area contributed by atoms with Crippen molar-refractivity contribution in [2.24, 2.45) is 0 Å². The first-order valence-electron chi connectivity index (χ1n) is 6.91. The normalized spacial score (nSPS) is 20.4. The molecule has 1 aliphatic heterocycles. The molecular weight excluding hydrogens is 374 g/mol. The molecule has 0 saturated carbocycles. The summed E-state index contributed by atoms with van der Waals surface area (Å²) in [5, 5.41) is 9.65. The van der Waals surface area contributed by atoms with Crippen molar-refractivity contribution in [3.8, 4) is 0 Å². The maximum Gasteiger partial charge on any atom is 0.337 e. The second-order valence-corrected chi connectivity index (χ2v) is 8.01. The van der Waals surface area contributed by atoms with Crippen molar-refractivity contribution < 1.29 is 23.1 Å². The summed E-state index contributed by atoms with van der Waals surface area (Å²) < 4.78 is 31.9. The zero-order valence-corrected chi connectivity index (χ0v) is 14.6. The molecule has 1 heterocycles. The Morgan fingerprint density at radius 3 is 2.73 bits per heavy atom. The number of carbonyl (C=O) groups is 1. The predicted molar refractivity (Wildman–Crippen MR) is 84.1 cm³/mol. The lowest BCUT2D eigenvalue weighted by atomic mass is 10.2. The highest BCUT2D eigenvalue weighted by atomic mass is 79.9. The summed E-state index contributed by atoms with van der Waals surface area (Å²) in [7, 11) is -2.47. The van der Waals surface area contributed by atoms with E-state index in [0.29, 0.717) is 30.3 Å². The first kappa shape index (κ1) is 17.4. The van der Waals surface area contributed by atoms with Gasteiger partial charge < -0.3 is 9.84 Å². The van der Waals surface area contributed by atoms with Gasteiger partial charge in [0.05, 0.1) is 23.7 Å². The summed E-state index contributed by atoms with van der Waals surface area (Å²) in [6.45, 7) is 0.628. The van der Waals surface area contributed by atoms with Crippen LogP contribution in [0.3, 0.4) is 0 Å². The number of hydrogen-bond donors (Lipinski definition) is 1. The molecular formula is C14H18BrNO5S. The van der Waals surface area contributed by atoms with Gasteiger partial charge >= 0.3 is 5.97 Å². The molecule has 0 bridgehead atoms. The van der Waals surface area contributed by atoms with Crippen LogP contribution in [0.15, 0.2) is 27.6 Å². The molecule has 1 aromatic rings. The predicted octanol–water partition coefficient (Wildman–Crippen LogP) is 1.77. The van der Waals surface area contributed by atoms with Gasteiger partial charge in [0.15, 0.2) is 0 Å². The molecule has 1 atom stereocenters. The fourth-order valence-electron chi connectivity index (χ4n) is 2.39. The van der Waals surface area contributed by atoms with E-state index in [9.17, 15) is 18.3 Å². The zero-order chi connectivity index (χ0) is 16.3. The highest BCUT2D eigenvalue weighted by Crippen LogP contribution is 2.25. The molecule has 22 heavy (non-hydrogen) atoms. The van der Waals surface area contributed by atoms with E-state index in [0.717, 1.165) is 0 Å². The first-order chi connectivity index (χ1) is 10.3. The molecule has 1 N–H and O–H groups in total. The topological polar surface area (TPSA) is 83.9 Å². The number of sulfonamides is 1. The quantitative estimate of drug-likeness (QED) is 0.793. The van der Waals surface area contributed by atoms with Gasteiger partial charge in [-0.3, -0.25) is 0 Å². The van der Waals surface area contributed by atoms with E-state index in [1.165, 1.54) is 29.6 Å². The number of benzene rings is 1. The Hall–Kier alpha value is -0.960. The Kier molecular flexibility index (Phi) is 5.60. The average molecular weight is 392 g/mol. The summed E-state index contributed by atoms with van der Waals surface area (Å²) in [6.07, 6.45) is 1.15. The van der Waals surface area contributed by atoms with E-state index in [1.54, 1.807) is 0 Å². The average Bonchev–Trinajstić information content (AvgIpc) is 2.70. The number of aliphatic hydroxyl groups excluding tert-OH is 1. The van der Waals surface area contributed by atoms with Crippen LogP contribution in [0, 0.1) is 0 Å². The van der Waals surface area contributed by atoms with E-state index in [1.807, 2.05) is 0 Å². The molecule has 0 aromatic heterocycles. The minimum absolute atomic E-state index is 0.0404. The lowest BCUT2D eigenvalue weighted by Gasteiger charge is -2.20.